The van der Waals surface area contributed by atoms with Crippen LogP contribution in [0, 0.1) is 0 Å². The van der Waals surface area contributed by atoms with Gasteiger partial charge in [-0.15, -0.1) is 4.48 Å². The molecular weight excluding hydrogens is 450 g/mol. The molecule has 0 fully saturated rings. The minimum Gasteiger partial charge on any atom is -0.369 e. The topological polar surface area (TPSA) is 15.3 Å². The van der Waals surface area contributed by atoms with Gasteiger partial charge in [0.15, 0.2) is 0 Å². The van der Waals surface area contributed by atoms with Gasteiger partial charge in [0, 0.05) is 18.3 Å². The Kier molecular flexibility index (Phi) is 8.00. The Bertz CT molecular complexity index is 1330. The van der Waals surface area contributed by atoms with E-state index in [0.29, 0.717) is 5.69 Å². The number of rotatable bonds is 5. The molecule has 1 N–H and O–H groups in total. The van der Waals surface area contributed by atoms with Crippen LogP contribution >= 0.6 is 9.39 Å². The zero-order valence-corrected chi connectivity index (χ0v) is 21.7. The van der Waals surface area contributed by atoms with E-state index in [2.05, 4.69) is 93.4 Å². The quantitative estimate of drug-likeness (QED) is 0.225. The normalized spacial score (nSPS) is 11.8. The van der Waals surface area contributed by atoms with Gasteiger partial charge in [-0.25, -0.2) is 5.12 Å². The van der Waals surface area contributed by atoms with Crippen LogP contribution in [0.1, 0.15) is 31.4 Å². The minimum atomic E-state index is 0.612. The van der Waals surface area contributed by atoms with Crippen molar-refractivity contribution in [3.05, 3.63) is 102 Å². The zero-order chi connectivity index (χ0) is 24.8. The Morgan fingerprint density at radius 3 is 2.09 bits per heavy atom. The van der Waals surface area contributed by atoms with Crippen molar-refractivity contribution in [3.8, 4) is 33.4 Å². The van der Waals surface area contributed by atoms with Crippen molar-refractivity contribution < 1.29 is 4.48 Å². The molecule has 4 aromatic rings. The standard InChI is InChI=1S/C29H26FN2P.C2H6/c1-32(30)28-17-16-21-6-2-3-11-27(21)29(28)22-14-12-20(13-15-22)23-7-4-8-24(18-23)25-9-5-10-26(19-25)31-33;1-2/h2,4-10,12-19,31H,3,11,33H2,1H3;1-2H3. The van der Waals surface area contributed by atoms with Crippen LogP contribution in [0.3, 0.4) is 0 Å². The minimum absolute atomic E-state index is 0.612. The van der Waals surface area contributed by atoms with Crippen molar-refractivity contribution in [2.24, 2.45) is 0 Å². The van der Waals surface area contributed by atoms with Crippen molar-refractivity contribution in [3.63, 3.8) is 0 Å². The molecule has 1 aliphatic carbocycles. The lowest BCUT2D eigenvalue weighted by Gasteiger charge is -2.21. The van der Waals surface area contributed by atoms with Crippen LogP contribution in [0.25, 0.3) is 39.5 Å². The monoisotopic (exact) mass is 482 g/mol. The molecule has 0 saturated carbocycles. The summed E-state index contributed by atoms with van der Waals surface area (Å²) in [5.41, 5.74) is 10.7. The molecule has 4 heteroatoms. The average molecular weight is 483 g/mol. The maximum absolute atomic E-state index is 14.4. The van der Waals surface area contributed by atoms with Gasteiger partial charge >= 0.3 is 0 Å². The largest absolute Gasteiger partial charge is 0.369 e. The first-order chi connectivity index (χ1) is 17.1. The summed E-state index contributed by atoms with van der Waals surface area (Å²) in [4.78, 5) is 0. The number of anilines is 2. The molecule has 0 amide bonds. The Hall–Kier alpha value is -3.42. The number of halogens is 1. The van der Waals surface area contributed by atoms with Gasteiger partial charge in [0.05, 0.1) is 5.69 Å². The number of fused-ring (bicyclic) bond motifs is 1. The zero-order valence-electron chi connectivity index (χ0n) is 20.6. The molecule has 4 aromatic carbocycles. The van der Waals surface area contributed by atoms with E-state index in [1.165, 1.54) is 29.3 Å². The summed E-state index contributed by atoms with van der Waals surface area (Å²) in [5, 5.41) is 3.85. The molecule has 0 aliphatic heterocycles. The number of nitrogens with zero attached hydrogens (tertiary/aromatic N) is 1. The summed E-state index contributed by atoms with van der Waals surface area (Å²) < 4.78 is 14.4. The van der Waals surface area contributed by atoms with Crippen LogP contribution in [0.4, 0.5) is 15.9 Å². The molecule has 2 nitrogen and oxygen atoms in total. The van der Waals surface area contributed by atoms with Crippen LogP contribution in [0.15, 0.2) is 91.0 Å². The lowest BCUT2D eigenvalue weighted by atomic mass is 9.87. The first kappa shape index (κ1) is 24.7. The van der Waals surface area contributed by atoms with Gasteiger partial charge in [-0.1, -0.05) is 86.7 Å². The second-order valence-electron chi connectivity index (χ2n) is 8.33. The number of allylic oxidation sites excluding steroid dienone is 1. The average Bonchev–Trinajstić information content (AvgIpc) is 2.93. The first-order valence-corrected chi connectivity index (χ1v) is 12.7. The fourth-order valence-electron chi connectivity index (χ4n) is 4.59. The lowest BCUT2D eigenvalue weighted by molar-refractivity contribution is 0.476. The highest BCUT2D eigenvalue weighted by Crippen LogP contribution is 2.39. The second kappa shape index (κ2) is 11.3. The summed E-state index contributed by atoms with van der Waals surface area (Å²) in [6.45, 7) is 4.00. The molecule has 1 unspecified atom stereocenters. The summed E-state index contributed by atoms with van der Waals surface area (Å²) in [7, 11) is 4.00. The summed E-state index contributed by atoms with van der Waals surface area (Å²) in [6, 6.07) is 29.3. The Labute approximate surface area is 210 Å². The number of nitrogens with one attached hydrogen (secondary N) is 1. The van der Waals surface area contributed by atoms with Crippen LogP contribution in [-0.4, -0.2) is 7.05 Å². The number of hydrogen-bond acceptors (Lipinski definition) is 2. The second-order valence-corrected chi connectivity index (χ2v) is 8.62. The van der Waals surface area contributed by atoms with Crippen LogP contribution < -0.4 is 10.2 Å². The lowest BCUT2D eigenvalue weighted by Crippen LogP contribution is -2.08. The van der Waals surface area contributed by atoms with Gasteiger partial charge in [0.2, 0.25) is 0 Å². The third-order valence-electron chi connectivity index (χ3n) is 6.25. The van der Waals surface area contributed by atoms with E-state index in [0.717, 1.165) is 45.9 Å². The van der Waals surface area contributed by atoms with E-state index in [4.69, 9.17) is 0 Å². The highest BCUT2D eigenvalue weighted by molar-refractivity contribution is 7.18. The predicted molar refractivity (Wildman–Crippen MR) is 154 cm³/mol. The summed E-state index contributed by atoms with van der Waals surface area (Å²) in [6.07, 6.45) is 6.24. The van der Waals surface area contributed by atoms with Gasteiger partial charge in [0.1, 0.15) is 0 Å². The van der Waals surface area contributed by atoms with Crippen molar-refractivity contribution in [1.82, 2.24) is 0 Å². The molecule has 0 saturated heterocycles. The molecule has 0 spiro atoms. The Morgan fingerprint density at radius 2 is 1.40 bits per heavy atom. The molecule has 35 heavy (non-hydrogen) atoms. The van der Waals surface area contributed by atoms with Gasteiger partial charge in [-0.05, 0) is 85.4 Å². The first-order valence-electron chi connectivity index (χ1n) is 12.1. The third-order valence-corrected chi connectivity index (χ3v) is 6.58. The molecule has 5 rings (SSSR count). The molecule has 1 atom stereocenters. The fourth-order valence-corrected chi connectivity index (χ4v) is 4.77. The maximum Gasteiger partial charge on any atom is 0.0765 e. The van der Waals surface area contributed by atoms with Crippen LogP contribution in [0.5, 0.6) is 0 Å². The van der Waals surface area contributed by atoms with Gasteiger partial charge in [-0.3, -0.25) is 0 Å². The number of hydrogen-bond donors (Lipinski definition) is 1. The smallest absolute Gasteiger partial charge is 0.0765 e. The van der Waals surface area contributed by atoms with Crippen LogP contribution in [-0.2, 0) is 6.42 Å². The van der Waals surface area contributed by atoms with E-state index < -0.39 is 0 Å². The van der Waals surface area contributed by atoms with E-state index in [9.17, 15) is 4.48 Å². The third kappa shape index (κ3) is 5.31. The van der Waals surface area contributed by atoms with Crippen molar-refractivity contribution in [2.75, 3.05) is 17.3 Å². The predicted octanol–water partition coefficient (Wildman–Crippen LogP) is 9.20. The fraction of sp³-hybridized carbons (Fsp3) is 0.161. The number of benzene rings is 4. The van der Waals surface area contributed by atoms with E-state index >= 15 is 0 Å². The SMILES string of the molecule is CC.CN(F)c1ccc2c(c1-c1ccc(-c3cccc(-c4cccc(NP)c4)c3)cc1)CCC=C2. The molecular formula is C31H32FN2P. The van der Waals surface area contributed by atoms with Gasteiger partial charge < -0.3 is 5.09 Å². The Morgan fingerprint density at radius 1 is 0.771 bits per heavy atom. The highest BCUT2D eigenvalue weighted by Gasteiger charge is 2.18. The molecule has 0 bridgehead atoms. The van der Waals surface area contributed by atoms with Gasteiger partial charge in [-0.2, -0.15) is 0 Å². The van der Waals surface area contributed by atoms with Crippen LogP contribution in [0.2, 0.25) is 0 Å². The molecule has 1 aliphatic rings. The molecule has 0 radical (unpaired) electrons. The van der Waals surface area contributed by atoms with Gasteiger partial charge in [0.25, 0.3) is 0 Å². The van der Waals surface area contributed by atoms with Crippen molar-refractivity contribution >= 4 is 26.8 Å². The molecule has 0 heterocycles. The highest BCUT2D eigenvalue weighted by atomic mass is 31.0. The molecule has 0 aromatic heterocycles. The van der Waals surface area contributed by atoms with E-state index in [1.807, 2.05) is 32.0 Å². The van der Waals surface area contributed by atoms with Crippen molar-refractivity contribution in [1.29, 1.82) is 0 Å². The van der Waals surface area contributed by atoms with E-state index in [1.54, 1.807) is 0 Å². The van der Waals surface area contributed by atoms with Crippen molar-refractivity contribution in [2.45, 2.75) is 26.7 Å². The maximum atomic E-state index is 14.4. The summed E-state index contributed by atoms with van der Waals surface area (Å²) >= 11 is 0. The summed E-state index contributed by atoms with van der Waals surface area (Å²) in [5.74, 6) is 0. The molecule has 178 valence electrons. The Balaban J connectivity index is 0.00000141. The van der Waals surface area contributed by atoms with E-state index in [-0.39, 0.29) is 0 Å².